The Morgan fingerprint density at radius 1 is 0.931 bits per heavy atom. The van der Waals surface area contributed by atoms with Crippen LogP contribution in [0, 0.1) is 5.82 Å². The summed E-state index contributed by atoms with van der Waals surface area (Å²) < 4.78 is 26.1. The lowest BCUT2D eigenvalue weighted by molar-refractivity contribution is -0.311. The number of rotatable bonds is 3. The van der Waals surface area contributed by atoms with Crippen molar-refractivity contribution in [2.75, 3.05) is 55.9 Å². The number of piperazine rings is 1. The minimum Gasteiger partial charge on any atom is -0.368 e. The van der Waals surface area contributed by atoms with Gasteiger partial charge >= 0.3 is 0 Å². The van der Waals surface area contributed by atoms with Crippen LogP contribution < -0.4 is 9.80 Å². The van der Waals surface area contributed by atoms with Crippen molar-refractivity contribution in [3.05, 3.63) is 59.9 Å². The standard InChI is InChI=1S/C22H26FN3O3/c23-18-7-2-4-9-20(18)25-12-10-24(11-13-25)16-26-19-8-3-1-6-17(19)22(21(26)27)28-14-5-15-29-22/h1-4,6-9,21,27H,5,10-16H2/t21-/m1/s1. The molecular weight excluding hydrogens is 373 g/mol. The SMILES string of the molecule is O[C@H]1N(CN2CCN(c3ccccc3F)CC2)c2ccccc2C12OCCCO2. The lowest BCUT2D eigenvalue weighted by Gasteiger charge is -2.41. The first kappa shape index (κ1) is 18.8. The van der Waals surface area contributed by atoms with Crippen LogP contribution in [0.4, 0.5) is 15.8 Å². The van der Waals surface area contributed by atoms with E-state index >= 15 is 0 Å². The second-order valence-electron chi connectivity index (χ2n) is 7.78. The van der Waals surface area contributed by atoms with Gasteiger partial charge < -0.3 is 24.4 Å². The molecule has 6 nitrogen and oxygen atoms in total. The molecule has 1 N–H and O–H groups in total. The number of aliphatic hydroxyl groups is 1. The van der Waals surface area contributed by atoms with Crippen LogP contribution in [0.1, 0.15) is 12.0 Å². The van der Waals surface area contributed by atoms with Gasteiger partial charge in [-0.3, -0.25) is 4.90 Å². The minimum atomic E-state index is -1.11. The van der Waals surface area contributed by atoms with Gasteiger partial charge in [0.15, 0.2) is 6.23 Å². The van der Waals surface area contributed by atoms with E-state index in [2.05, 4.69) is 9.80 Å². The van der Waals surface area contributed by atoms with Crippen molar-refractivity contribution in [2.45, 2.75) is 18.4 Å². The summed E-state index contributed by atoms with van der Waals surface area (Å²) in [6, 6.07) is 14.8. The van der Waals surface area contributed by atoms with Crippen molar-refractivity contribution in [2.24, 2.45) is 0 Å². The molecule has 3 aliphatic heterocycles. The zero-order valence-corrected chi connectivity index (χ0v) is 16.3. The molecule has 2 aromatic carbocycles. The van der Waals surface area contributed by atoms with Crippen LogP contribution in [-0.4, -0.2) is 62.3 Å². The van der Waals surface area contributed by atoms with Crippen molar-refractivity contribution in [1.82, 2.24) is 4.90 Å². The summed E-state index contributed by atoms with van der Waals surface area (Å²) >= 11 is 0. The zero-order valence-electron chi connectivity index (χ0n) is 16.3. The van der Waals surface area contributed by atoms with Crippen LogP contribution in [0.15, 0.2) is 48.5 Å². The Morgan fingerprint density at radius 2 is 1.59 bits per heavy atom. The van der Waals surface area contributed by atoms with Gasteiger partial charge in [-0.2, -0.15) is 0 Å². The first-order valence-corrected chi connectivity index (χ1v) is 10.2. The van der Waals surface area contributed by atoms with Gasteiger partial charge in [0, 0.05) is 37.4 Å². The van der Waals surface area contributed by atoms with Crippen molar-refractivity contribution in [3.63, 3.8) is 0 Å². The summed E-state index contributed by atoms with van der Waals surface area (Å²) in [7, 11) is 0. The second kappa shape index (κ2) is 7.57. The van der Waals surface area contributed by atoms with E-state index in [4.69, 9.17) is 9.47 Å². The van der Waals surface area contributed by atoms with Crippen molar-refractivity contribution in [1.29, 1.82) is 0 Å². The van der Waals surface area contributed by atoms with Gasteiger partial charge in [-0.15, -0.1) is 0 Å². The fourth-order valence-corrected chi connectivity index (χ4v) is 4.55. The van der Waals surface area contributed by atoms with Crippen LogP contribution in [0.2, 0.25) is 0 Å². The topological polar surface area (TPSA) is 48.4 Å². The monoisotopic (exact) mass is 399 g/mol. The molecule has 5 rings (SSSR count). The molecule has 1 atom stereocenters. The van der Waals surface area contributed by atoms with Crippen molar-refractivity contribution in [3.8, 4) is 0 Å². The third kappa shape index (κ3) is 3.18. The third-order valence-electron chi connectivity index (χ3n) is 6.06. The summed E-state index contributed by atoms with van der Waals surface area (Å²) in [6.45, 7) is 4.76. The molecule has 3 aliphatic rings. The first-order valence-electron chi connectivity index (χ1n) is 10.2. The second-order valence-corrected chi connectivity index (χ2v) is 7.78. The Kier molecular flexibility index (Phi) is 4.91. The van der Waals surface area contributed by atoms with E-state index in [-0.39, 0.29) is 5.82 Å². The highest BCUT2D eigenvalue weighted by Crippen LogP contribution is 2.47. The van der Waals surface area contributed by atoms with Gasteiger partial charge in [-0.05, 0) is 24.6 Å². The molecule has 1 spiro atoms. The van der Waals surface area contributed by atoms with Crippen LogP contribution in [0.25, 0.3) is 0 Å². The van der Waals surface area contributed by atoms with E-state index < -0.39 is 12.0 Å². The molecule has 29 heavy (non-hydrogen) atoms. The average molecular weight is 399 g/mol. The number of benzene rings is 2. The molecule has 0 unspecified atom stereocenters. The van der Waals surface area contributed by atoms with E-state index in [0.717, 1.165) is 43.9 Å². The molecule has 7 heteroatoms. The number of para-hydroxylation sites is 2. The van der Waals surface area contributed by atoms with Crippen LogP contribution in [0.5, 0.6) is 0 Å². The molecule has 2 aromatic rings. The molecule has 154 valence electrons. The summed E-state index contributed by atoms with van der Waals surface area (Å²) in [6.07, 6.45) is -0.0703. The third-order valence-corrected chi connectivity index (χ3v) is 6.06. The van der Waals surface area contributed by atoms with Gasteiger partial charge in [0.1, 0.15) is 5.82 Å². The Morgan fingerprint density at radius 3 is 2.31 bits per heavy atom. The molecular formula is C22H26FN3O3. The van der Waals surface area contributed by atoms with Gasteiger partial charge in [-0.1, -0.05) is 30.3 Å². The summed E-state index contributed by atoms with van der Waals surface area (Å²) in [5, 5.41) is 11.2. The predicted molar refractivity (Wildman–Crippen MR) is 108 cm³/mol. The van der Waals surface area contributed by atoms with E-state index in [1.54, 1.807) is 6.07 Å². The average Bonchev–Trinajstić information content (AvgIpc) is 2.98. The molecule has 2 fully saturated rings. The summed E-state index contributed by atoms with van der Waals surface area (Å²) in [4.78, 5) is 6.31. The molecule has 0 saturated carbocycles. The van der Waals surface area contributed by atoms with E-state index in [1.165, 1.54) is 6.07 Å². The largest absolute Gasteiger partial charge is 0.368 e. The number of halogens is 1. The zero-order chi connectivity index (χ0) is 19.8. The molecule has 2 saturated heterocycles. The molecule has 0 aromatic heterocycles. The Balaban J connectivity index is 1.31. The Labute approximate surface area is 170 Å². The molecule has 0 bridgehead atoms. The fourth-order valence-electron chi connectivity index (χ4n) is 4.55. The number of hydrogen-bond donors (Lipinski definition) is 1. The van der Waals surface area contributed by atoms with Gasteiger partial charge in [-0.25, -0.2) is 4.39 Å². The highest BCUT2D eigenvalue weighted by atomic mass is 19.1. The van der Waals surface area contributed by atoms with Crippen molar-refractivity contribution >= 4 is 11.4 Å². The van der Waals surface area contributed by atoms with E-state index in [0.29, 0.717) is 25.6 Å². The molecule has 0 amide bonds. The fraction of sp³-hybridized carbons (Fsp3) is 0.455. The maximum Gasteiger partial charge on any atom is 0.243 e. The van der Waals surface area contributed by atoms with Crippen molar-refractivity contribution < 1.29 is 19.0 Å². The van der Waals surface area contributed by atoms with Crippen LogP contribution in [0.3, 0.4) is 0 Å². The maximum atomic E-state index is 14.1. The van der Waals surface area contributed by atoms with Gasteiger partial charge in [0.05, 0.1) is 25.6 Å². The highest BCUT2D eigenvalue weighted by molar-refractivity contribution is 5.61. The summed E-state index contributed by atoms with van der Waals surface area (Å²) in [5.41, 5.74) is 2.48. The first-order chi connectivity index (χ1) is 14.2. The highest BCUT2D eigenvalue weighted by Gasteiger charge is 2.54. The van der Waals surface area contributed by atoms with Crippen LogP contribution in [-0.2, 0) is 15.3 Å². The van der Waals surface area contributed by atoms with E-state index in [9.17, 15) is 9.50 Å². The molecule has 3 heterocycles. The molecule has 0 radical (unpaired) electrons. The normalized spacial score (nSPS) is 24.1. The lowest BCUT2D eigenvalue weighted by atomic mass is 10.1. The van der Waals surface area contributed by atoms with Crippen LogP contribution >= 0.6 is 0 Å². The Bertz CT molecular complexity index is 866. The minimum absolute atomic E-state index is 0.182. The number of hydrogen-bond acceptors (Lipinski definition) is 6. The lowest BCUT2D eigenvalue weighted by Crippen LogP contribution is -2.55. The number of anilines is 2. The number of aliphatic hydroxyl groups excluding tert-OH is 1. The number of nitrogens with zero attached hydrogens (tertiary/aromatic N) is 3. The predicted octanol–water partition coefficient (Wildman–Crippen LogP) is 2.33. The quantitative estimate of drug-likeness (QED) is 0.855. The maximum absolute atomic E-state index is 14.1. The summed E-state index contributed by atoms with van der Waals surface area (Å²) in [5.74, 6) is -1.29. The number of fused-ring (bicyclic) bond motifs is 2. The van der Waals surface area contributed by atoms with Gasteiger partial charge in [0.25, 0.3) is 0 Å². The number of ether oxygens (including phenoxy) is 2. The molecule has 0 aliphatic carbocycles. The van der Waals surface area contributed by atoms with E-state index in [1.807, 2.05) is 41.3 Å². The smallest absolute Gasteiger partial charge is 0.243 e. The Hall–Kier alpha value is -2.19. The van der Waals surface area contributed by atoms with Gasteiger partial charge in [0.2, 0.25) is 5.79 Å².